The molecule has 0 saturated heterocycles. The van der Waals surface area contributed by atoms with Crippen LogP contribution in [0.2, 0.25) is 0 Å². The summed E-state index contributed by atoms with van der Waals surface area (Å²) < 4.78 is 5.47. The summed E-state index contributed by atoms with van der Waals surface area (Å²) in [7, 11) is 0. The van der Waals surface area contributed by atoms with E-state index in [1.165, 1.54) is 38.5 Å². The minimum atomic E-state index is -0.192. The highest BCUT2D eigenvalue weighted by atomic mass is 16.5. The van der Waals surface area contributed by atoms with Gasteiger partial charge in [-0.25, -0.2) is 0 Å². The van der Waals surface area contributed by atoms with Gasteiger partial charge in [0.25, 0.3) is 0 Å². The molecule has 4 saturated carbocycles. The Hall–Kier alpha value is -2.10. The summed E-state index contributed by atoms with van der Waals surface area (Å²) in [6.45, 7) is 1.73. The number of ether oxygens (including phenoxy) is 1. The van der Waals surface area contributed by atoms with Crippen molar-refractivity contribution in [2.45, 2.75) is 51.9 Å². The van der Waals surface area contributed by atoms with Crippen molar-refractivity contribution in [3.05, 3.63) is 35.5 Å². The van der Waals surface area contributed by atoms with Crippen LogP contribution in [0.15, 0.2) is 24.3 Å². The van der Waals surface area contributed by atoms with Gasteiger partial charge in [-0.3, -0.25) is 9.59 Å². The van der Waals surface area contributed by atoms with Crippen molar-refractivity contribution in [3.8, 4) is 0 Å². The molecule has 0 atom stereocenters. The Morgan fingerprint density at radius 1 is 1.07 bits per heavy atom. The third-order valence-corrected chi connectivity index (χ3v) is 7.22. The van der Waals surface area contributed by atoms with Gasteiger partial charge in [0.05, 0.1) is 6.42 Å². The van der Waals surface area contributed by atoms with Crippen molar-refractivity contribution in [2.75, 3.05) is 6.61 Å². The molecule has 1 aromatic heterocycles. The van der Waals surface area contributed by atoms with Crippen molar-refractivity contribution < 1.29 is 14.3 Å². The fourth-order valence-corrected chi connectivity index (χ4v) is 6.72. The van der Waals surface area contributed by atoms with Gasteiger partial charge < -0.3 is 9.72 Å². The van der Waals surface area contributed by atoms with Gasteiger partial charge in [-0.1, -0.05) is 18.2 Å². The standard InChI is InChI=1S/C23H27NO3/c1-14-22(18-4-2-3-5-19(18)24-14)20(25)13-27-21(26)12-23-9-15-6-16(10-23)8-17(7-15)11-23/h2-5,15-17,24H,6-13H2,1H3. The van der Waals surface area contributed by atoms with E-state index < -0.39 is 0 Å². The number of hydrogen-bond donors (Lipinski definition) is 1. The molecule has 1 aromatic carbocycles. The molecule has 27 heavy (non-hydrogen) atoms. The van der Waals surface area contributed by atoms with E-state index in [4.69, 9.17) is 4.74 Å². The second kappa shape index (κ2) is 6.22. The molecule has 4 bridgehead atoms. The van der Waals surface area contributed by atoms with Gasteiger partial charge in [-0.2, -0.15) is 0 Å². The smallest absolute Gasteiger partial charge is 0.306 e. The third kappa shape index (κ3) is 2.99. The van der Waals surface area contributed by atoms with Crippen LogP contribution >= 0.6 is 0 Å². The average molecular weight is 365 g/mol. The topological polar surface area (TPSA) is 59.2 Å². The number of aromatic amines is 1. The van der Waals surface area contributed by atoms with Crippen LogP contribution in [0, 0.1) is 30.1 Å². The van der Waals surface area contributed by atoms with Crippen LogP contribution in [0.4, 0.5) is 0 Å². The maximum atomic E-state index is 12.7. The molecule has 0 spiro atoms. The van der Waals surface area contributed by atoms with Crippen LogP contribution in [0.1, 0.15) is 61.0 Å². The number of benzene rings is 1. The van der Waals surface area contributed by atoms with Gasteiger partial charge in [0.1, 0.15) is 0 Å². The molecule has 142 valence electrons. The maximum Gasteiger partial charge on any atom is 0.306 e. The predicted octanol–water partition coefficient (Wildman–Crippen LogP) is 4.81. The Kier molecular flexibility index (Phi) is 3.92. The summed E-state index contributed by atoms with van der Waals surface area (Å²) in [5, 5.41) is 0.900. The Bertz CT molecular complexity index is 874. The summed E-state index contributed by atoms with van der Waals surface area (Å²) in [6.07, 6.45) is 8.15. The highest BCUT2D eigenvalue weighted by molar-refractivity contribution is 6.10. The number of esters is 1. The summed E-state index contributed by atoms with van der Waals surface area (Å²) in [5.74, 6) is 2.14. The normalized spacial score (nSPS) is 31.4. The van der Waals surface area contributed by atoms with E-state index >= 15 is 0 Å². The number of ketones is 1. The molecule has 4 aliphatic rings. The molecule has 4 aliphatic carbocycles. The number of H-pyrrole nitrogens is 1. The van der Waals surface area contributed by atoms with Crippen molar-refractivity contribution in [1.29, 1.82) is 0 Å². The Labute approximate surface area is 159 Å². The number of fused-ring (bicyclic) bond motifs is 1. The molecule has 0 amide bonds. The first kappa shape index (κ1) is 17.0. The molecule has 0 radical (unpaired) electrons. The molecule has 4 nitrogen and oxygen atoms in total. The van der Waals surface area contributed by atoms with Crippen molar-refractivity contribution in [3.63, 3.8) is 0 Å². The van der Waals surface area contributed by atoms with E-state index in [1.807, 2.05) is 31.2 Å². The number of carbonyl (C=O) groups excluding carboxylic acids is 2. The minimum Gasteiger partial charge on any atom is -0.457 e. The molecular formula is C23H27NO3. The summed E-state index contributed by atoms with van der Waals surface area (Å²) in [6, 6.07) is 7.75. The molecule has 1 heterocycles. The number of hydrogen-bond acceptors (Lipinski definition) is 3. The number of aromatic nitrogens is 1. The van der Waals surface area contributed by atoms with Crippen LogP contribution < -0.4 is 0 Å². The molecular weight excluding hydrogens is 338 g/mol. The number of carbonyl (C=O) groups is 2. The van der Waals surface area contributed by atoms with Gasteiger partial charge in [-0.15, -0.1) is 0 Å². The summed E-state index contributed by atoms with van der Waals surface area (Å²) in [5.41, 5.74) is 2.58. The SMILES string of the molecule is Cc1[nH]c2ccccc2c1C(=O)COC(=O)CC12CC3CC(CC(C3)C1)C2. The Morgan fingerprint density at radius 2 is 1.70 bits per heavy atom. The Morgan fingerprint density at radius 3 is 2.37 bits per heavy atom. The van der Waals surface area contributed by atoms with E-state index in [9.17, 15) is 9.59 Å². The second-order valence-electron chi connectivity index (χ2n) is 9.35. The molecule has 4 fully saturated rings. The third-order valence-electron chi connectivity index (χ3n) is 7.22. The van der Waals surface area contributed by atoms with Crippen LogP contribution in [0.3, 0.4) is 0 Å². The van der Waals surface area contributed by atoms with Gasteiger partial charge >= 0.3 is 5.97 Å². The van der Waals surface area contributed by atoms with Crippen molar-refractivity contribution in [1.82, 2.24) is 4.98 Å². The molecule has 2 aromatic rings. The average Bonchev–Trinajstić information content (AvgIpc) is 2.94. The van der Waals surface area contributed by atoms with E-state index in [0.717, 1.165) is 34.4 Å². The lowest BCUT2D eigenvalue weighted by molar-refractivity contribution is -0.150. The van der Waals surface area contributed by atoms with Gasteiger partial charge in [0, 0.05) is 22.2 Å². The number of nitrogens with one attached hydrogen (secondary N) is 1. The number of rotatable bonds is 5. The number of aryl methyl sites for hydroxylation is 1. The van der Waals surface area contributed by atoms with Crippen LogP contribution in [-0.4, -0.2) is 23.3 Å². The molecule has 0 unspecified atom stereocenters. The fourth-order valence-electron chi connectivity index (χ4n) is 6.72. The summed E-state index contributed by atoms with van der Waals surface area (Å²) >= 11 is 0. The number of Topliss-reactive ketones (excluding diaryl/α,β-unsaturated/α-hetero) is 1. The first-order valence-electron chi connectivity index (χ1n) is 10.3. The largest absolute Gasteiger partial charge is 0.457 e. The van der Waals surface area contributed by atoms with Crippen molar-refractivity contribution in [2.24, 2.45) is 23.2 Å². The van der Waals surface area contributed by atoms with Crippen LogP contribution in [0.5, 0.6) is 0 Å². The van der Waals surface area contributed by atoms with Crippen LogP contribution in [-0.2, 0) is 9.53 Å². The van der Waals surface area contributed by atoms with Crippen LogP contribution in [0.25, 0.3) is 10.9 Å². The van der Waals surface area contributed by atoms with E-state index in [0.29, 0.717) is 12.0 Å². The van der Waals surface area contributed by atoms with E-state index in [-0.39, 0.29) is 23.8 Å². The molecule has 6 rings (SSSR count). The second-order valence-corrected chi connectivity index (χ2v) is 9.35. The lowest BCUT2D eigenvalue weighted by Crippen LogP contribution is -2.47. The zero-order valence-electron chi connectivity index (χ0n) is 15.9. The van der Waals surface area contributed by atoms with Crippen molar-refractivity contribution >= 4 is 22.7 Å². The monoisotopic (exact) mass is 365 g/mol. The minimum absolute atomic E-state index is 0.121. The Balaban J connectivity index is 1.24. The zero-order chi connectivity index (χ0) is 18.6. The quantitative estimate of drug-likeness (QED) is 0.611. The first-order valence-corrected chi connectivity index (χ1v) is 10.3. The molecule has 1 N–H and O–H groups in total. The zero-order valence-corrected chi connectivity index (χ0v) is 15.9. The predicted molar refractivity (Wildman–Crippen MR) is 104 cm³/mol. The van der Waals surface area contributed by atoms with Gasteiger partial charge in [0.2, 0.25) is 5.78 Å². The highest BCUT2D eigenvalue weighted by Crippen LogP contribution is 2.61. The highest BCUT2D eigenvalue weighted by Gasteiger charge is 2.51. The molecule has 4 heteroatoms. The van der Waals surface area contributed by atoms with E-state index in [2.05, 4.69) is 4.98 Å². The lowest BCUT2D eigenvalue weighted by Gasteiger charge is -2.56. The van der Waals surface area contributed by atoms with Gasteiger partial charge in [-0.05, 0) is 74.7 Å². The van der Waals surface area contributed by atoms with Gasteiger partial charge in [0.15, 0.2) is 6.61 Å². The lowest BCUT2D eigenvalue weighted by atomic mass is 9.49. The number of para-hydroxylation sites is 1. The molecule has 0 aliphatic heterocycles. The summed E-state index contributed by atoms with van der Waals surface area (Å²) in [4.78, 5) is 28.5. The maximum absolute atomic E-state index is 12.7. The fraction of sp³-hybridized carbons (Fsp3) is 0.565. The first-order chi connectivity index (χ1) is 13.0. The van der Waals surface area contributed by atoms with E-state index in [1.54, 1.807) is 0 Å².